The van der Waals surface area contributed by atoms with Crippen molar-refractivity contribution in [3.63, 3.8) is 0 Å². The molecule has 1 aromatic carbocycles. The first-order valence-electron chi connectivity index (χ1n) is 6.53. The van der Waals surface area contributed by atoms with Crippen molar-refractivity contribution < 1.29 is 4.79 Å². The van der Waals surface area contributed by atoms with Gasteiger partial charge in [0.15, 0.2) is 0 Å². The Morgan fingerprint density at radius 3 is 2.77 bits per heavy atom. The number of amides is 1. The van der Waals surface area contributed by atoms with Crippen molar-refractivity contribution in [2.45, 2.75) is 6.92 Å². The van der Waals surface area contributed by atoms with Crippen LogP contribution in [0.4, 0.5) is 5.82 Å². The van der Waals surface area contributed by atoms with E-state index in [0.717, 1.165) is 5.82 Å². The topological polar surface area (TPSA) is 72.7 Å². The number of aryl methyl sites for hydroxylation is 1. The van der Waals surface area contributed by atoms with Gasteiger partial charge in [-0.15, -0.1) is 0 Å². The number of benzene rings is 1. The maximum Gasteiger partial charge on any atom is 0.258 e. The molecule has 2 aromatic heterocycles. The molecule has 0 atom stereocenters. The van der Waals surface area contributed by atoms with E-state index in [1.807, 2.05) is 6.92 Å². The van der Waals surface area contributed by atoms with E-state index >= 15 is 0 Å². The van der Waals surface area contributed by atoms with Crippen molar-refractivity contribution in [1.29, 1.82) is 0 Å². The number of halogens is 1. The average Bonchev–Trinajstić information content (AvgIpc) is 2.94. The molecule has 0 aliphatic heterocycles. The Hall–Kier alpha value is -2.73. The second-order valence-corrected chi connectivity index (χ2v) is 4.95. The van der Waals surface area contributed by atoms with Crippen LogP contribution < -0.4 is 5.32 Å². The molecule has 3 aromatic rings. The van der Waals surface area contributed by atoms with Gasteiger partial charge in [-0.2, -0.15) is 0 Å². The molecular formula is C15H12ClN5O. The molecule has 3 rings (SSSR count). The summed E-state index contributed by atoms with van der Waals surface area (Å²) in [5.74, 6) is 1.49. The lowest BCUT2D eigenvalue weighted by Gasteiger charge is -2.08. The number of aromatic nitrogens is 4. The third kappa shape index (κ3) is 2.82. The molecule has 0 radical (unpaired) electrons. The Morgan fingerprint density at radius 1 is 1.23 bits per heavy atom. The van der Waals surface area contributed by atoms with Gasteiger partial charge < -0.3 is 5.32 Å². The quantitative estimate of drug-likeness (QED) is 0.807. The first-order valence-corrected chi connectivity index (χ1v) is 6.91. The van der Waals surface area contributed by atoms with Gasteiger partial charge in [0.1, 0.15) is 23.8 Å². The molecule has 0 aliphatic rings. The maximum absolute atomic E-state index is 12.2. The second kappa shape index (κ2) is 5.95. The first-order chi connectivity index (χ1) is 10.6. The zero-order chi connectivity index (χ0) is 15.5. The summed E-state index contributed by atoms with van der Waals surface area (Å²) in [7, 11) is 0. The molecule has 0 saturated heterocycles. The van der Waals surface area contributed by atoms with Crippen LogP contribution in [-0.4, -0.2) is 25.4 Å². The highest BCUT2D eigenvalue weighted by atomic mass is 35.5. The normalized spacial score (nSPS) is 10.5. The summed E-state index contributed by atoms with van der Waals surface area (Å²) in [5.41, 5.74) is 0.392. The summed E-state index contributed by atoms with van der Waals surface area (Å²) in [4.78, 5) is 24.6. The highest BCUT2D eigenvalue weighted by Crippen LogP contribution is 2.17. The monoisotopic (exact) mass is 313 g/mol. The summed E-state index contributed by atoms with van der Waals surface area (Å²) in [6, 6.07) is 8.50. The molecule has 0 unspecified atom stereocenters. The predicted molar refractivity (Wildman–Crippen MR) is 83.3 cm³/mol. The fraction of sp³-hybridized carbons (Fsp3) is 0.0667. The van der Waals surface area contributed by atoms with Crippen molar-refractivity contribution in [2.75, 3.05) is 5.32 Å². The highest BCUT2D eigenvalue weighted by molar-refractivity contribution is 6.34. The fourth-order valence-electron chi connectivity index (χ4n) is 2.00. The number of carbonyl (C=O) groups excluding carboxylic acids is 1. The number of hydrogen-bond acceptors (Lipinski definition) is 4. The predicted octanol–water partition coefficient (Wildman–Crippen LogP) is 2.88. The summed E-state index contributed by atoms with van der Waals surface area (Å²) in [6.45, 7) is 1.87. The van der Waals surface area contributed by atoms with Crippen LogP contribution in [0, 0.1) is 6.92 Å². The molecule has 1 amide bonds. The van der Waals surface area contributed by atoms with E-state index in [1.165, 1.54) is 6.33 Å². The van der Waals surface area contributed by atoms with Crippen molar-refractivity contribution in [3.8, 4) is 5.82 Å². The van der Waals surface area contributed by atoms with Crippen molar-refractivity contribution >= 4 is 23.3 Å². The highest BCUT2D eigenvalue weighted by Gasteiger charge is 2.11. The van der Waals surface area contributed by atoms with Crippen molar-refractivity contribution in [3.05, 3.63) is 65.5 Å². The number of imidazole rings is 1. The lowest BCUT2D eigenvalue weighted by molar-refractivity contribution is 0.102. The second-order valence-electron chi connectivity index (χ2n) is 4.54. The number of nitrogens with zero attached hydrogens (tertiary/aromatic N) is 4. The number of anilines is 1. The molecular weight excluding hydrogens is 302 g/mol. The molecule has 7 heteroatoms. The van der Waals surface area contributed by atoms with Gasteiger partial charge in [-0.1, -0.05) is 23.7 Å². The molecule has 110 valence electrons. The Balaban J connectivity index is 1.86. The van der Waals surface area contributed by atoms with Gasteiger partial charge in [0, 0.05) is 18.5 Å². The van der Waals surface area contributed by atoms with Crippen molar-refractivity contribution in [2.24, 2.45) is 0 Å². The molecule has 2 heterocycles. The van der Waals surface area contributed by atoms with E-state index in [2.05, 4.69) is 20.3 Å². The fourth-order valence-corrected chi connectivity index (χ4v) is 2.22. The lowest BCUT2D eigenvalue weighted by Crippen LogP contribution is -2.14. The van der Waals surface area contributed by atoms with Gasteiger partial charge in [-0.05, 0) is 19.1 Å². The summed E-state index contributed by atoms with van der Waals surface area (Å²) in [6.07, 6.45) is 4.85. The number of rotatable bonds is 3. The first kappa shape index (κ1) is 14.2. The van der Waals surface area contributed by atoms with E-state index in [-0.39, 0.29) is 5.91 Å². The van der Waals surface area contributed by atoms with Crippen LogP contribution in [0.1, 0.15) is 16.2 Å². The third-order valence-corrected chi connectivity index (χ3v) is 3.41. The van der Waals surface area contributed by atoms with Crippen LogP contribution in [0.25, 0.3) is 5.82 Å². The summed E-state index contributed by atoms with van der Waals surface area (Å²) < 4.78 is 1.80. The number of carbonyl (C=O) groups is 1. The van der Waals surface area contributed by atoms with Gasteiger partial charge in [0.25, 0.3) is 5.91 Å². The van der Waals surface area contributed by atoms with E-state index < -0.39 is 0 Å². The summed E-state index contributed by atoms with van der Waals surface area (Å²) in [5, 5.41) is 3.10. The zero-order valence-corrected chi connectivity index (χ0v) is 12.4. The zero-order valence-electron chi connectivity index (χ0n) is 11.7. The summed E-state index contributed by atoms with van der Waals surface area (Å²) >= 11 is 6.01. The lowest BCUT2D eigenvalue weighted by atomic mass is 10.2. The number of nitrogens with one attached hydrogen (secondary N) is 1. The molecule has 1 N–H and O–H groups in total. The van der Waals surface area contributed by atoms with Crippen molar-refractivity contribution in [1.82, 2.24) is 19.5 Å². The van der Waals surface area contributed by atoms with E-state index in [0.29, 0.717) is 22.2 Å². The minimum absolute atomic E-state index is 0.322. The molecule has 0 aliphatic carbocycles. The van der Waals surface area contributed by atoms with Crippen LogP contribution in [-0.2, 0) is 0 Å². The SMILES string of the molecule is Cc1nccn1-c1cc(NC(=O)c2ccccc2Cl)ncn1. The van der Waals surface area contributed by atoms with Crippen LogP contribution >= 0.6 is 11.6 Å². The van der Waals surface area contributed by atoms with E-state index in [4.69, 9.17) is 11.6 Å². The Bertz CT molecular complexity index is 830. The maximum atomic E-state index is 12.2. The van der Waals surface area contributed by atoms with Crippen LogP contribution in [0.5, 0.6) is 0 Å². The van der Waals surface area contributed by atoms with Gasteiger partial charge in [-0.3, -0.25) is 9.36 Å². The third-order valence-electron chi connectivity index (χ3n) is 3.09. The molecule has 0 saturated carbocycles. The van der Waals surface area contributed by atoms with Gasteiger partial charge in [0.05, 0.1) is 10.6 Å². The van der Waals surface area contributed by atoms with E-state index in [1.54, 1.807) is 47.3 Å². The minimum atomic E-state index is -0.322. The smallest absolute Gasteiger partial charge is 0.258 e. The molecule has 6 nitrogen and oxygen atoms in total. The van der Waals surface area contributed by atoms with Crippen LogP contribution in [0.2, 0.25) is 5.02 Å². The Morgan fingerprint density at radius 2 is 2.05 bits per heavy atom. The molecule has 22 heavy (non-hydrogen) atoms. The number of hydrogen-bond donors (Lipinski definition) is 1. The van der Waals surface area contributed by atoms with Gasteiger partial charge in [0.2, 0.25) is 0 Å². The average molecular weight is 314 g/mol. The molecule has 0 spiro atoms. The van der Waals surface area contributed by atoms with Gasteiger partial charge in [-0.25, -0.2) is 15.0 Å². The van der Waals surface area contributed by atoms with Gasteiger partial charge >= 0.3 is 0 Å². The van der Waals surface area contributed by atoms with Crippen LogP contribution in [0.3, 0.4) is 0 Å². The molecule has 0 fully saturated rings. The minimum Gasteiger partial charge on any atom is -0.306 e. The van der Waals surface area contributed by atoms with Crippen LogP contribution in [0.15, 0.2) is 49.1 Å². The van der Waals surface area contributed by atoms with E-state index in [9.17, 15) is 4.79 Å². The Kier molecular flexibility index (Phi) is 3.84. The molecule has 0 bridgehead atoms. The standard InChI is InChI=1S/C15H12ClN5O/c1-10-17-6-7-21(10)14-8-13(18-9-19-14)20-15(22)11-4-2-3-5-12(11)16/h2-9H,1H3,(H,18,19,20,22). The Labute approximate surface area is 131 Å². The largest absolute Gasteiger partial charge is 0.306 e.